The van der Waals surface area contributed by atoms with Crippen LogP contribution in [0.5, 0.6) is 11.5 Å². The molecule has 0 spiro atoms. The van der Waals surface area contributed by atoms with Crippen molar-refractivity contribution in [3.63, 3.8) is 0 Å². The zero-order chi connectivity index (χ0) is 15.0. The summed E-state index contributed by atoms with van der Waals surface area (Å²) in [6, 6.07) is 7.79. The maximum absolute atomic E-state index is 13.5. The predicted octanol–water partition coefficient (Wildman–Crippen LogP) is 4.20. The second-order valence-corrected chi connectivity index (χ2v) is 6.39. The maximum Gasteiger partial charge on any atom is 0.162 e. The molecule has 1 aliphatic heterocycles. The number of benzene rings is 2. The molecule has 0 aromatic heterocycles. The number of aliphatic hydroxyl groups is 1. The third-order valence-corrected chi connectivity index (χ3v) is 4.30. The third-order valence-electron chi connectivity index (χ3n) is 3.16. The summed E-state index contributed by atoms with van der Waals surface area (Å²) in [5, 5.41) is 10.5. The van der Waals surface area contributed by atoms with Crippen LogP contribution in [0, 0.1) is 5.82 Å². The number of fused-ring (bicyclic) bond motifs is 1. The van der Waals surface area contributed by atoms with Crippen LogP contribution in [0.2, 0.25) is 0 Å². The van der Waals surface area contributed by atoms with Gasteiger partial charge in [-0.2, -0.15) is 0 Å². The monoisotopic (exact) mass is 416 g/mol. The van der Waals surface area contributed by atoms with E-state index >= 15 is 0 Å². The summed E-state index contributed by atoms with van der Waals surface area (Å²) >= 11 is 6.63. The molecule has 0 aliphatic carbocycles. The van der Waals surface area contributed by atoms with E-state index in [1.54, 1.807) is 18.2 Å². The van der Waals surface area contributed by atoms with Gasteiger partial charge in [-0.05, 0) is 35.9 Å². The highest BCUT2D eigenvalue weighted by Crippen LogP contribution is 2.39. The average Bonchev–Trinajstić information content (AvgIpc) is 2.44. The minimum Gasteiger partial charge on any atom is -0.486 e. The highest BCUT2D eigenvalue weighted by molar-refractivity contribution is 9.10. The molecular formula is C15H11Br2FO3. The van der Waals surface area contributed by atoms with E-state index in [4.69, 9.17) is 9.47 Å². The molecule has 3 rings (SSSR count). The second-order valence-electron chi connectivity index (χ2n) is 4.62. The summed E-state index contributed by atoms with van der Waals surface area (Å²) in [4.78, 5) is 0. The topological polar surface area (TPSA) is 38.7 Å². The molecule has 2 aromatic carbocycles. The minimum absolute atomic E-state index is 0.410. The van der Waals surface area contributed by atoms with Gasteiger partial charge in [-0.15, -0.1) is 0 Å². The molecule has 0 bridgehead atoms. The molecule has 21 heavy (non-hydrogen) atoms. The first-order valence-electron chi connectivity index (χ1n) is 6.27. The van der Waals surface area contributed by atoms with Gasteiger partial charge >= 0.3 is 0 Å². The van der Waals surface area contributed by atoms with E-state index in [1.165, 1.54) is 12.1 Å². The molecule has 3 nitrogen and oxygen atoms in total. The molecule has 1 unspecified atom stereocenters. The first kappa shape index (κ1) is 14.8. The van der Waals surface area contributed by atoms with Crippen LogP contribution in [0.4, 0.5) is 4.39 Å². The SMILES string of the molecule is OC(c1cc(F)cc(Br)c1)c1cc2c(cc1Br)OCCO2. The lowest BCUT2D eigenvalue weighted by Gasteiger charge is -2.21. The van der Waals surface area contributed by atoms with E-state index in [9.17, 15) is 9.50 Å². The van der Waals surface area contributed by atoms with Crippen molar-refractivity contribution in [2.45, 2.75) is 6.10 Å². The first-order valence-corrected chi connectivity index (χ1v) is 7.86. The van der Waals surface area contributed by atoms with E-state index in [2.05, 4.69) is 31.9 Å². The van der Waals surface area contributed by atoms with Crippen LogP contribution in [0.25, 0.3) is 0 Å². The van der Waals surface area contributed by atoms with Crippen LogP contribution < -0.4 is 9.47 Å². The number of rotatable bonds is 2. The Morgan fingerprint density at radius 3 is 2.33 bits per heavy atom. The molecule has 2 aromatic rings. The molecule has 0 saturated heterocycles. The highest BCUT2D eigenvalue weighted by Gasteiger charge is 2.20. The van der Waals surface area contributed by atoms with Gasteiger partial charge in [0, 0.05) is 14.5 Å². The van der Waals surface area contributed by atoms with Crippen LogP contribution in [0.3, 0.4) is 0 Å². The summed E-state index contributed by atoms with van der Waals surface area (Å²) in [5.74, 6) is 0.797. The molecule has 110 valence electrons. The molecule has 1 heterocycles. The van der Waals surface area contributed by atoms with Crippen LogP contribution in [0.15, 0.2) is 39.3 Å². The summed E-state index contributed by atoms with van der Waals surface area (Å²) in [6.45, 7) is 0.966. The molecule has 0 saturated carbocycles. The fraction of sp³-hybridized carbons (Fsp3) is 0.200. The van der Waals surface area contributed by atoms with Crippen molar-refractivity contribution in [2.24, 2.45) is 0 Å². The third kappa shape index (κ3) is 3.07. The van der Waals surface area contributed by atoms with Gasteiger partial charge in [-0.3, -0.25) is 0 Å². The minimum atomic E-state index is -0.970. The van der Waals surface area contributed by atoms with Crippen LogP contribution in [-0.2, 0) is 0 Å². The number of aliphatic hydroxyl groups excluding tert-OH is 1. The van der Waals surface area contributed by atoms with Crippen molar-refractivity contribution in [1.82, 2.24) is 0 Å². The molecule has 6 heteroatoms. The van der Waals surface area contributed by atoms with Crippen molar-refractivity contribution < 1.29 is 19.0 Å². The molecule has 0 amide bonds. The standard InChI is InChI=1S/C15H11Br2FO3/c16-9-3-8(4-10(18)5-9)15(19)11-6-13-14(7-12(11)17)21-2-1-20-13/h3-7,15,19H,1-2H2. The van der Waals surface area contributed by atoms with Gasteiger partial charge in [0.15, 0.2) is 11.5 Å². The largest absolute Gasteiger partial charge is 0.486 e. The number of hydrogen-bond donors (Lipinski definition) is 1. The Balaban J connectivity index is 2.02. The van der Waals surface area contributed by atoms with Gasteiger partial charge in [-0.25, -0.2) is 4.39 Å². The van der Waals surface area contributed by atoms with E-state index in [-0.39, 0.29) is 0 Å². The van der Waals surface area contributed by atoms with Crippen molar-refractivity contribution >= 4 is 31.9 Å². The van der Waals surface area contributed by atoms with Gasteiger partial charge in [0.25, 0.3) is 0 Å². The van der Waals surface area contributed by atoms with E-state index < -0.39 is 11.9 Å². The molecular weight excluding hydrogens is 407 g/mol. The summed E-state index contributed by atoms with van der Waals surface area (Å²) in [7, 11) is 0. The quantitative estimate of drug-likeness (QED) is 0.795. The fourth-order valence-electron chi connectivity index (χ4n) is 2.20. The first-order chi connectivity index (χ1) is 10.0. The molecule has 1 aliphatic rings. The normalized spacial score (nSPS) is 14.9. The zero-order valence-electron chi connectivity index (χ0n) is 10.8. The van der Waals surface area contributed by atoms with Gasteiger partial charge < -0.3 is 14.6 Å². The summed E-state index contributed by atoms with van der Waals surface area (Å²) in [6.07, 6.45) is -0.970. The number of halogens is 3. The van der Waals surface area contributed by atoms with Crippen LogP contribution >= 0.6 is 31.9 Å². The van der Waals surface area contributed by atoms with Crippen molar-refractivity contribution in [3.8, 4) is 11.5 Å². The van der Waals surface area contributed by atoms with Crippen LogP contribution in [0.1, 0.15) is 17.2 Å². The lowest BCUT2D eigenvalue weighted by Crippen LogP contribution is -2.16. The Bertz CT molecular complexity index is 671. The van der Waals surface area contributed by atoms with Gasteiger partial charge in [0.05, 0.1) is 0 Å². The smallest absolute Gasteiger partial charge is 0.162 e. The number of ether oxygens (including phenoxy) is 2. The molecule has 0 fully saturated rings. The van der Waals surface area contributed by atoms with Gasteiger partial charge in [0.1, 0.15) is 25.1 Å². The summed E-state index contributed by atoms with van der Waals surface area (Å²) < 4.78 is 25.7. The van der Waals surface area contributed by atoms with Crippen molar-refractivity contribution in [2.75, 3.05) is 13.2 Å². The molecule has 1 atom stereocenters. The predicted molar refractivity (Wildman–Crippen MR) is 83.3 cm³/mol. The molecule has 0 radical (unpaired) electrons. The maximum atomic E-state index is 13.5. The highest BCUT2D eigenvalue weighted by atomic mass is 79.9. The van der Waals surface area contributed by atoms with E-state index in [1.807, 2.05) is 0 Å². The Labute approximate surface area is 137 Å². The second kappa shape index (κ2) is 5.94. The van der Waals surface area contributed by atoms with E-state index in [0.717, 1.165) is 0 Å². The average molecular weight is 418 g/mol. The number of hydrogen-bond acceptors (Lipinski definition) is 3. The zero-order valence-corrected chi connectivity index (χ0v) is 13.9. The Morgan fingerprint density at radius 2 is 1.67 bits per heavy atom. The lowest BCUT2D eigenvalue weighted by molar-refractivity contribution is 0.169. The van der Waals surface area contributed by atoms with Gasteiger partial charge in [-0.1, -0.05) is 31.9 Å². The Morgan fingerprint density at radius 1 is 1.00 bits per heavy atom. The molecule has 1 N–H and O–H groups in total. The van der Waals surface area contributed by atoms with Gasteiger partial charge in [0.2, 0.25) is 0 Å². The van der Waals surface area contributed by atoms with Crippen LogP contribution in [-0.4, -0.2) is 18.3 Å². The summed E-state index contributed by atoms with van der Waals surface area (Å²) in [5.41, 5.74) is 1.05. The van der Waals surface area contributed by atoms with Crippen molar-refractivity contribution in [3.05, 3.63) is 56.2 Å². The Kier molecular flexibility index (Phi) is 4.19. The van der Waals surface area contributed by atoms with Crippen molar-refractivity contribution in [1.29, 1.82) is 0 Å². The fourth-order valence-corrected chi connectivity index (χ4v) is 3.22. The Hall–Kier alpha value is -1.11. The van der Waals surface area contributed by atoms with E-state index in [0.29, 0.717) is 44.8 Å². The lowest BCUT2D eigenvalue weighted by atomic mass is 10.0.